The molecule has 120 valence electrons. The molecule has 21 heavy (non-hydrogen) atoms. The number of rotatable bonds is 2. The SMILES string of the molecule is Cl.Fc1cc(CC2CCNCC2)c(F)c(F)c1C(F)(F)F. The first-order valence-corrected chi connectivity index (χ1v) is 6.25. The van der Waals surface area contributed by atoms with Gasteiger partial charge in [0.05, 0.1) is 0 Å². The topological polar surface area (TPSA) is 12.0 Å². The van der Waals surface area contributed by atoms with Crippen molar-refractivity contribution in [3.8, 4) is 0 Å². The van der Waals surface area contributed by atoms with Gasteiger partial charge in [0.2, 0.25) is 0 Å². The van der Waals surface area contributed by atoms with Crippen LogP contribution in [-0.4, -0.2) is 13.1 Å². The minimum Gasteiger partial charge on any atom is -0.317 e. The summed E-state index contributed by atoms with van der Waals surface area (Å²) in [6.07, 6.45) is -3.81. The second kappa shape index (κ2) is 6.87. The second-order valence-electron chi connectivity index (χ2n) is 4.92. The molecule has 1 N–H and O–H groups in total. The number of benzene rings is 1. The van der Waals surface area contributed by atoms with E-state index in [1.807, 2.05) is 0 Å². The third-order valence-electron chi connectivity index (χ3n) is 3.48. The van der Waals surface area contributed by atoms with Crippen molar-refractivity contribution in [3.63, 3.8) is 0 Å². The van der Waals surface area contributed by atoms with E-state index in [-0.39, 0.29) is 30.3 Å². The lowest BCUT2D eigenvalue weighted by molar-refractivity contribution is -0.142. The Bertz CT molecular complexity index is 496. The van der Waals surface area contributed by atoms with Crippen LogP contribution in [0.2, 0.25) is 0 Å². The molecule has 0 bridgehead atoms. The van der Waals surface area contributed by atoms with Crippen LogP contribution < -0.4 is 5.32 Å². The monoisotopic (exact) mass is 333 g/mol. The normalized spacial score (nSPS) is 16.7. The van der Waals surface area contributed by atoms with Gasteiger partial charge in [0, 0.05) is 0 Å². The van der Waals surface area contributed by atoms with Gasteiger partial charge in [0.15, 0.2) is 11.6 Å². The lowest BCUT2D eigenvalue weighted by Crippen LogP contribution is -2.29. The molecule has 1 saturated heterocycles. The average Bonchev–Trinajstić information content (AvgIpc) is 2.35. The van der Waals surface area contributed by atoms with Crippen LogP contribution in [0.25, 0.3) is 0 Å². The lowest BCUT2D eigenvalue weighted by Gasteiger charge is -2.23. The summed E-state index contributed by atoms with van der Waals surface area (Å²) in [5, 5.41) is 3.08. The van der Waals surface area contributed by atoms with Crippen LogP contribution in [0.1, 0.15) is 24.0 Å². The van der Waals surface area contributed by atoms with E-state index in [1.165, 1.54) is 0 Å². The summed E-state index contributed by atoms with van der Waals surface area (Å²) in [4.78, 5) is 0. The van der Waals surface area contributed by atoms with Gasteiger partial charge in [-0.25, -0.2) is 13.2 Å². The van der Waals surface area contributed by atoms with Crippen LogP contribution in [0.5, 0.6) is 0 Å². The summed E-state index contributed by atoms with van der Waals surface area (Å²) >= 11 is 0. The first-order valence-electron chi connectivity index (χ1n) is 6.25. The molecule has 0 radical (unpaired) electrons. The number of hydrogen-bond donors (Lipinski definition) is 1. The zero-order valence-electron chi connectivity index (χ0n) is 10.9. The Morgan fingerprint density at radius 1 is 1.05 bits per heavy atom. The maximum atomic E-state index is 13.7. The summed E-state index contributed by atoms with van der Waals surface area (Å²) < 4.78 is 77.8. The van der Waals surface area contributed by atoms with E-state index in [9.17, 15) is 26.3 Å². The van der Waals surface area contributed by atoms with Gasteiger partial charge < -0.3 is 5.32 Å². The summed E-state index contributed by atoms with van der Waals surface area (Å²) in [5.41, 5.74) is -2.50. The zero-order valence-corrected chi connectivity index (χ0v) is 11.7. The Hall–Kier alpha value is -0.950. The minimum atomic E-state index is -5.25. The second-order valence-corrected chi connectivity index (χ2v) is 4.92. The number of alkyl halides is 3. The summed E-state index contributed by atoms with van der Waals surface area (Å²) in [5.74, 6) is -5.50. The fraction of sp³-hybridized carbons (Fsp3) is 0.538. The lowest BCUT2D eigenvalue weighted by atomic mass is 9.90. The Balaban J connectivity index is 0.00000220. The third kappa shape index (κ3) is 4.03. The fourth-order valence-corrected chi connectivity index (χ4v) is 2.45. The van der Waals surface area contributed by atoms with Crippen molar-refractivity contribution in [2.75, 3.05) is 13.1 Å². The van der Waals surface area contributed by atoms with Gasteiger partial charge in [0.1, 0.15) is 11.4 Å². The molecule has 8 heteroatoms. The van der Waals surface area contributed by atoms with Crippen molar-refractivity contribution in [3.05, 3.63) is 34.6 Å². The molecule has 0 aromatic heterocycles. The average molecular weight is 334 g/mol. The fourth-order valence-electron chi connectivity index (χ4n) is 2.45. The molecular weight excluding hydrogens is 320 g/mol. The number of piperidine rings is 1. The van der Waals surface area contributed by atoms with E-state index in [2.05, 4.69) is 5.32 Å². The summed E-state index contributed by atoms with van der Waals surface area (Å²) in [6, 6.07) is 0.462. The van der Waals surface area contributed by atoms with E-state index >= 15 is 0 Å². The minimum absolute atomic E-state index is 0. The van der Waals surface area contributed by atoms with Crippen LogP contribution in [0.3, 0.4) is 0 Å². The van der Waals surface area contributed by atoms with Crippen molar-refractivity contribution in [1.82, 2.24) is 5.32 Å². The highest BCUT2D eigenvalue weighted by molar-refractivity contribution is 5.85. The third-order valence-corrected chi connectivity index (χ3v) is 3.48. The molecule has 1 aromatic carbocycles. The van der Waals surface area contributed by atoms with Gasteiger partial charge in [-0.3, -0.25) is 0 Å². The Labute approximate surface area is 124 Å². The molecule has 1 aromatic rings. The highest BCUT2D eigenvalue weighted by Gasteiger charge is 2.40. The molecule has 1 aliphatic rings. The first kappa shape index (κ1) is 18.1. The summed E-state index contributed by atoms with van der Waals surface area (Å²) in [6.45, 7) is 1.41. The van der Waals surface area contributed by atoms with E-state index in [0.717, 1.165) is 0 Å². The molecule has 1 heterocycles. The smallest absolute Gasteiger partial charge is 0.317 e. The van der Waals surface area contributed by atoms with Gasteiger partial charge in [-0.2, -0.15) is 13.2 Å². The van der Waals surface area contributed by atoms with Crippen molar-refractivity contribution in [1.29, 1.82) is 0 Å². The van der Waals surface area contributed by atoms with Gasteiger partial charge in [-0.15, -0.1) is 12.4 Å². The van der Waals surface area contributed by atoms with Crippen LogP contribution in [0, 0.1) is 23.4 Å². The Kier molecular flexibility index (Phi) is 5.92. The molecule has 0 amide bonds. The van der Waals surface area contributed by atoms with Gasteiger partial charge in [-0.05, 0) is 49.9 Å². The maximum absolute atomic E-state index is 13.7. The van der Waals surface area contributed by atoms with Crippen molar-refractivity contribution in [2.45, 2.75) is 25.4 Å². The molecule has 0 atom stereocenters. The molecule has 0 saturated carbocycles. The predicted molar refractivity (Wildman–Crippen MR) is 67.9 cm³/mol. The number of nitrogens with one attached hydrogen (secondary N) is 1. The number of hydrogen-bond acceptors (Lipinski definition) is 1. The van der Waals surface area contributed by atoms with Gasteiger partial charge in [0.25, 0.3) is 0 Å². The van der Waals surface area contributed by atoms with Crippen molar-refractivity contribution in [2.24, 2.45) is 5.92 Å². The number of halogens is 7. The van der Waals surface area contributed by atoms with E-state index in [1.54, 1.807) is 0 Å². The van der Waals surface area contributed by atoms with Crippen LogP contribution in [0.15, 0.2) is 6.07 Å². The zero-order chi connectivity index (χ0) is 14.9. The molecule has 1 aliphatic heterocycles. The van der Waals surface area contributed by atoms with Crippen LogP contribution >= 0.6 is 12.4 Å². The molecule has 0 aliphatic carbocycles. The van der Waals surface area contributed by atoms with Crippen molar-refractivity contribution >= 4 is 12.4 Å². The van der Waals surface area contributed by atoms with Crippen LogP contribution in [0.4, 0.5) is 26.3 Å². The van der Waals surface area contributed by atoms with E-state index in [4.69, 9.17) is 0 Å². The Morgan fingerprint density at radius 2 is 1.62 bits per heavy atom. The molecule has 0 unspecified atom stereocenters. The van der Waals surface area contributed by atoms with Gasteiger partial charge >= 0.3 is 6.18 Å². The van der Waals surface area contributed by atoms with Gasteiger partial charge in [-0.1, -0.05) is 0 Å². The maximum Gasteiger partial charge on any atom is 0.422 e. The quantitative estimate of drug-likeness (QED) is 0.635. The molecular formula is C13H14ClF6N. The van der Waals surface area contributed by atoms with E-state index in [0.29, 0.717) is 32.0 Å². The Morgan fingerprint density at radius 3 is 2.14 bits per heavy atom. The first-order chi connectivity index (χ1) is 9.30. The van der Waals surface area contributed by atoms with Crippen molar-refractivity contribution < 1.29 is 26.3 Å². The molecule has 1 nitrogen and oxygen atoms in total. The highest BCUT2D eigenvalue weighted by Crippen LogP contribution is 2.36. The molecule has 0 spiro atoms. The highest BCUT2D eigenvalue weighted by atomic mass is 35.5. The standard InChI is InChI=1S/C13H13F6N.ClH/c14-9-6-8(5-7-1-3-20-4-2-7)11(15)12(16)10(9)13(17,18)19;/h6-7,20H,1-5H2;1H. The predicted octanol–water partition coefficient (Wildman–Crippen LogP) is 4.09. The molecule has 2 rings (SSSR count). The largest absolute Gasteiger partial charge is 0.422 e. The summed E-state index contributed by atoms with van der Waals surface area (Å²) in [7, 11) is 0. The van der Waals surface area contributed by atoms with Crippen LogP contribution in [-0.2, 0) is 12.6 Å². The molecule has 1 fully saturated rings. The van der Waals surface area contributed by atoms with E-state index < -0.39 is 29.2 Å².